The molecule has 4 heterocycles. The molecule has 4 N–H and O–H groups in total. The van der Waals surface area contributed by atoms with Crippen molar-refractivity contribution in [2.24, 2.45) is 35.5 Å². The Labute approximate surface area is 905 Å². The molecule has 0 atom stereocenters. The Balaban J connectivity index is 0.000000292. The number of aromatic nitrogens is 4. The number of rotatable bonds is 24. The second-order valence-corrected chi connectivity index (χ2v) is 40.5. The molecule has 4 aliphatic carbocycles. The molecule has 12 nitrogen and oxygen atoms in total. The van der Waals surface area contributed by atoms with Crippen molar-refractivity contribution in [2.75, 3.05) is 0 Å². The molecule has 4 aromatic heterocycles. The number of carbonyl (C=O) groups excluding carboxylic acids is 4. The molecule has 0 unspecified atom stereocenters. The van der Waals surface area contributed by atoms with Crippen LogP contribution in [0.1, 0.15) is 329 Å². The van der Waals surface area contributed by atoms with Crippen LogP contribution in [0.3, 0.4) is 0 Å². The van der Waals surface area contributed by atoms with Crippen LogP contribution < -0.4 is 0 Å². The van der Waals surface area contributed by atoms with E-state index in [0.29, 0.717) is 24.7 Å². The second kappa shape index (κ2) is 62.0. The minimum Gasteiger partial charge on any atom is -0.512 e. The van der Waals surface area contributed by atoms with Gasteiger partial charge in [-0.05, 0) is 223 Å². The van der Waals surface area contributed by atoms with Crippen molar-refractivity contribution in [3.8, 4) is 45.0 Å². The number of allylic oxidation sites excluding steroid dienone is 8. The Bertz CT molecular complexity index is 5760. The van der Waals surface area contributed by atoms with Gasteiger partial charge < -0.3 is 20.4 Å². The fourth-order valence-corrected chi connectivity index (χ4v) is 19.0. The Morgan fingerprint density at radius 3 is 0.887 bits per heavy atom. The standard InChI is InChI=1S/4C22H22N.C13H24O2.C11H20O2.C9H16O2.C5H8O2.4Ir/c1-15-11-16(2)13-20(12-15)22-10-8-19-14-18(7-9-21(19)23-22)17-5-3-4-6-17;3*1-15-11-16(2)13-20(12-15)21-10-9-18-7-8-19(14-22(18)23-21)17-5-3-4-6-17;1-5-10(6-2)12(14)9-13(15)11(7-3)8-4;1-8(2)5-10(12)7-11(13)6-9(3)4;1-6(2)8(10)5-9(11)7(3)4;1-4(6)3-5(2)7;;;;/h4*7-12,14,17H,3-6H2,1-2H3;9-11,14H,5-8H2,1-4H3;7-9,12H,5-6H2,1-4H3;5-7,10H,1-4H3;3,6H,1-2H3;;;;/q4*-1;;;;;;;;. The molecule has 0 amide bonds. The molecule has 142 heavy (non-hydrogen) atoms. The Kier molecular flexibility index (Phi) is 53.8. The van der Waals surface area contributed by atoms with Crippen molar-refractivity contribution in [1.82, 2.24) is 19.9 Å². The number of carbonyl (C=O) groups is 4. The number of hydrogen-bond acceptors (Lipinski definition) is 12. The van der Waals surface area contributed by atoms with Gasteiger partial charge in [0.15, 0.2) is 23.1 Å². The molecule has 4 fully saturated rings. The average Bonchev–Trinajstić information content (AvgIpc) is 1.20. The summed E-state index contributed by atoms with van der Waals surface area (Å²) in [5, 5.41) is 41.6. The third-order valence-electron chi connectivity index (χ3n) is 26.4. The van der Waals surface area contributed by atoms with Gasteiger partial charge in [0.25, 0.3) is 0 Å². The zero-order chi connectivity index (χ0) is 100. The van der Waals surface area contributed by atoms with Crippen molar-refractivity contribution in [2.45, 2.75) is 317 Å². The molecule has 16 heteroatoms. The summed E-state index contributed by atoms with van der Waals surface area (Å²) in [5.41, 5.74) is 28.4. The summed E-state index contributed by atoms with van der Waals surface area (Å²) in [4.78, 5) is 63.6. The zero-order valence-corrected chi connectivity index (χ0v) is 97.9. The first-order valence-electron chi connectivity index (χ1n) is 51.2. The number of ketones is 4. The molecule has 8 aromatic carbocycles. The molecule has 4 aliphatic rings. The van der Waals surface area contributed by atoms with E-state index >= 15 is 0 Å². The summed E-state index contributed by atoms with van der Waals surface area (Å²) in [6, 6.07) is 75.5. The van der Waals surface area contributed by atoms with Crippen LogP contribution in [0.4, 0.5) is 0 Å². The number of hydrogen-bond donors (Lipinski definition) is 4. The number of pyridine rings is 4. The number of aliphatic hydroxyl groups is 4. The van der Waals surface area contributed by atoms with Crippen LogP contribution in [0, 0.1) is 115 Å². The molecule has 0 spiro atoms. The molecular weight excluding hydrogens is 2470 g/mol. The number of aliphatic hydroxyl groups excluding tert-OH is 4. The zero-order valence-electron chi connectivity index (χ0n) is 88.3. The van der Waals surface area contributed by atoms with Crippen LogP contribution in [0.25, 0.3) is 88.6 Å². The van der Waals surface area contributed by atoms with Crippen molar-refractivity contribution in [3.05, 3.63) is 308 Å². The smallest absolute Gasteiger partial charge is 0.162 e. The number of benzene rings is 8. The third kappa shape index (κ3) is 40.0. The van der Waals surface area contributed by atoms with Gasteiger partial charge in [-0.1, -0.05) is 281 Å². The molecule has 0 bridgehead atoms. The largest absolute Gasteiger partial charge is 0.512 e. The van der Waals surface area contributed by atoms with E-state index in [1.54, 1.807) is 0 Å². The van der Waals surface area contributed by atoms with E-state index in [4.69, 9.17) is 25.0 Å². The summed E-state index contributed by atoms with van der Waals surface area (Å²) in [7, 11) is 0. The first-order chi connectivity index (χ1) is 65.8. The maximum Gasteiger partial charge on any atom is 0.162 e. The maximum absolute atomic E-state index is 11.7. The fourth-order valence-electron chi connectivity index (χ4n) is 19.0. The Morgan fingerprint density at radius 2 is 0.613 bits per heavy atom. The molecule has 0 aliphatic heterocycles. The topological polar surface area (TPSA) is 201 Å². The minimum atomic E-state index is -0.125. The average molecular weight is 2620 g/mol. The first-order valence-corrected chi connectivity index (χ1v) is 51.2. The third-order valence-corrected chi connectivity index (χ3v) is 26.4. The quantitative estimate of drug-likeness (QED) is 0.0254. The van der Waals surface area contributed by atoms with Gasteiger partial charge in [0.05, 0.1) is 45.1 Å². The maximum atomic E-state index is 11.7. The van der Waals surface area contributed by atoms with E-state index in [2.05, 4.69) is 250 Å². The molecular formula is C126H156Ir4N4O8-4. The van der Waals surface area contributed by atoms with E-state index in [-0.39, 0.29) is 150 Å². The Hall–Kier alpha value is -9.16. The van der Waals surface area contributed by atoms with Crippen molar-refractivity contribution in [3.63, 3.8) is 0 Å². The summed E-state index contributed by atoms with van der Waals surface area (Å²) < 4.78 is 0. The van der Waals surface area contributed by atoms with Crippen molar-refractivity contribution >= 4 is 66.7 Å². The van der Waals surface area contributed by atoms with Crippen LogP contribution >= 0.6 is 0 Å². The minimum absolute atomic E-state index is 0. The van der Waals surface area contributed by atoms with Gasteiger partial charge in [-0.2, -0.15) is 0 Å². The van der Waals surface area contributed by atoms with E-state index in [1.807, 2.05) is 83.1 Å². The van der Waals surface area contributed by atoms with Gasteiger partial charge in [-0.15, -0.1) is 140 Å². The van der Waals surface area contributed by atoms with Crippen LogP contribution in [0.15, 0.2) is 217 Å². The van der Waals surface area contributed by atoms with E-state index < -0.39 is 0 Å². The van der Waals surface area contributed by atoms with Crippen LogP contribution in [-0.2, 0) is 99.6 Å². The monoisotopic (exact) mass is 2630 g/mol. The molecule has 4 radical (unpaired) electrons. The van der Waals surface area contributed by atoms with Gasteiger partial charge in [-0.25, -0.2) is 0 Å². The molecule has 4 saturated carbocycles. The van der Waals surface area contributed by atoms with Gasteiger partial charge in [-0.3, -0.25) is 39.1 Å². The Morgan fingerprint density at radius 1 is 0.324 bits per heavy atom. The number of fused-ring (bicyclic) bond motifs is 4. The molecule has 16 rings (SSSR count). The van der Waals surface area contributed by atoms with Gasteiger partial charge in [0, 0.05) is 141 Å². The summed E-state index contributed by atoms with van der Waals surface area (Å²) >= 11 is 0. The van der Waals surface area contributed by atoms with Gasteiger partial charge in [0.2, 0.25) is 0 Å². The first kappa shape index (κ1) is 123. The normalized spacial score (nSPS) is 14.0. The molecule has 12 aromatic rings. The number of nitrogens with zero attached hydrogens (tertiary/aromatic N) is 4. The summed E-state index contributed by atoms with van der Waals surface area (Å²) in [5.74, 6) is 4.58. The summed E-state index contributed by atoms with van der Waals surface area (Å²) in [6.07, 6.45) is 31.5. The van der Waals surface area contributed by atoms with Crippen molar-refractivity contribution < 1.29 is 120 Å². The summed E-state index contributed by atoms with van der Waals surface area (Å²) in [6.45, 7) is 43.1. The molecule has 768 valence electrons. The van der Waals surface area contributed by atoms with E-state index in [1.165, 1.54) is 229 Å². The van der Waals surface area contributed by atoms with Crippen molar-refractivity contribution in [1.29, 1.82) is 0 Å². The van der Waals surface area contributed by atoms with Crippen LogP contribution in [0.2, 0.25) is 0 Å². The van der Waals surface area contributed by atoms with Gasteiger partial charge >= 0.3 is 0 Å². The van der Waals surface area contributed by atoms with Crippen LogP contribution in [0.5, 0.6) is 0 Å². The van der Waals surface area contributed by atoms with Gasteiger partial charge in [0.1, 0.15) is 0 Å². The predicted molar refractivity (Wildman–Crippen MR) is 578 cm³/mol. The van der Waals surface area contributed by atoms with E-state index in [0.717, 1.165) is 116 Å². The fraction of sp³-hybridized carbons (Fsp3) is 0.429. The second-order valence-electron chi connectivity index (χ2n) is 40.5. The number of aryl methyl sites for hydroxylation is 8. The predicted octanol–water partition coefficient (Wildman–Crippen LogP) is 34.2. The van der Waals surface area contributed by atoms with E-state index in [9.17, 15) is 34.5 Å². The SMILES string of the molecule is CC(=O)C=C(C)O.CC(C)C(=O)C=C(O)C(C)C.CC(C)CC(=O)C=C(O)CC(C)C.CCC(CC)C(=O)C=C(O)C(CC)CC.Cc1[c-]c(-c2ccc3cc(C4CCCC4)ccc3n2)cc(C)c1.Cc1[c-]c(-c2ccc3ccc(C4CCCC4)cc3n2)cc(C)c1.Cc1[c-]c(-c2ccc3ccc(C4CCCC4)cc3n2)cc(C)c1.Cc1[c-]c(-c2ccc3ccc(C4CCCC4)cc3n2)cc(C)c1.[Ir].[Ir].[Ir].[Ir]. The molecule has 0 saturated heterocycles. The van der Waals surface area contributed by atoms with Crippen LogP contribution in [-0.4, -0.2) is 63.5 Å².